The Morgan fingerprint density at radius 1 is 1.35 bits per heavy atom. The standard InChI is InChI=1S/C15H18FN5OS/c16-11-6-4-10(5-7-11)12-3-1-2-8-21(12)15(22)18-9-13-19-20-14(17)23-13/h4-7,12H,1-3,8-9H2,(H2,17,20)(H,18,22)/t12-/m1/s1. The van der Waals surface area contributed by atoms with Gasteiger partial charge in [-0.3, -0.25) is 0 Å². The summed E-state index contributed by atoms with van der Waals surface area (Å²) in [6.45, 7) is 0.993. The second kappa shape index (κ2) is 6.91. The van der Waals surface area contributed by atoms with Crippen LogP contribution in [-0.2, 0) is 6.54 Å². The van der Waals surface area contributed by atoms with Crippen molar-refractivity contribution < 1.29 is 9.18 Å². The lowest BCUT2D eigenvalue weighted by Gasteiger charge is -2.36. The van der Waals surface area contributed by atoms with Crippen molar-refractivity contribution in [3.63, 3.8) is 0 Å². The zero-order valence-electron chi connectivity index (χ0n) is 12.5. The smallest absolute Gasteiger partial charge is 0.318 e. The van der Waals surface area contributed by atoms with Crippen LogP contribution in [0, 0.1) is 5.82 Å². The lowest BCUT2D eigenvalue weighted by Crippen LogP contribution is -2.44. The fourth-order valence-electron chi connectivity index (χ4n) is 2.80. The maximum Gasteiger partial charge on any atom is 0.318 e. The molecule has 0 unspecified atom stereocenters. The van der Waals surface area contributed by atoms with Gasteiger partial charge in [0, 0.05) is 6.54 Å². The number of amides is 2. The van der Waals surface area contributed by atoms with E-state index in [-0.39, 0.29) is 17.9 Å². The van der Waals surface area contributed by atoms with Crippen LogP contribution in [0.1, 0.15) is 35.9 Å². The first-order valence-corrected chi connectivity index (χ1v) is 8.33. The number of carbonyl (C=O) groups excluding carboxylic acids is 1. The second-order valence-electron chi connectivity index (χ2n) is 5.45. The number of anilines is 1. The highest BCUT2D eigenvalue weighted by atomic mass is 32.1. The Morgan fingerprint density at radius 2 is 2.13 bits per heavy atom. The molecule has 0 saturated carbocycles. The fraction of sp³-hybridized carbons (Fsp3) is 0.400. The molecular formula is C15H18FN5OS. The maximum atomic E-state index is 13.1. The summed E-state index contributed by atoms with van der Waals surface area (Å²) in [5.74, 6) is -0.269. The van der Waals surface area contributed by atoms with Crippen LogP contribution in [0.5, 0.6) is 0 Å². The number of benzene rings is 1. The van der Waals surface area contributed by atoms with Crippen LogP contribution in [0.2, 0.25) is 0 Å². The Bertz CT molecular complexity index is 675. The van der Waals surface area contributed by atoms with E-state index in [2.05, 4.69) is 15.5 Å². The van der Waals surface area contributed by atoms with Gasteiger partial charge in [0.2, 0.25) is 5.13 Å². The summed E-state index contributed by atoms with van der Waals surface area (Å²) in [6.07, 6.45) is 2.90. The number of likely N-dealkylation sites (tertiary alicyclic amines) is 1. The minimum atomic E-state index is -0.269. The molecule has 2 amide bonds. The summed E-state index contributed by atoms with van der Waals surface area (Å²) < 4.78 is 13.1. The van der Waals surface area contributed by atoms with Gasteiger partial charge in [0.1, 0.15) is 10.8 Å². The summed E-state index contributed by atoms with van der Waals surface area (Å²) in [5.41, 5.74) is 6.49. The van der Waals surface area contributed by atoms with Crippen molar-refractivity contribution in [3.05, 3.63) is 40.7 Å². The van der Waals surface area contributed by atoms with E-state index in [0.29, 0.717) is 23.2 Å². The zero-order valence-corrected chi connectivity index (χ0v) is 13.4. The van der Waals surface area contributed by atoms with E-state index in [1.54, 1.807) is 17.0 Å². The lowest BCUT2D eigenvalue weighted by atomic mass is 9.95. The molecule has 1 atom stereocenters. The molecular weight excluding hydrogens is 317 g/mol. The fourth-order valence-corrected chi connectivity index (χ4v) is 3.35. The molecule has 1 aliphatic rings. The van der Waals surface area contributed by atoms with E-state index in [9.17, 15) is 9.18 Å². The number of halogens is 1. The van der Waals surface area contributed by atoms with Crippen LogP contribution in [0.15, 0.2) is 24.3 Å². The molecule has 122 valence electrons. The molecule has 1 fully saturated rings. The van der Waals surface area contributed by atoms with Crippen molar-refractivity contribution in [1.82, 2.24) is 20.4 Å². The summed E-state index contributed by atoms with van der Waals surface area (Å²) in [4.78, 5) is 14.3. The molecule has 0 aliphatic carbocycles. The van der Waals surface area contributed by atoms with Crippen molar-refractivity contribution in [1.29, 1.82) is 0 Å². The third kappa shape index (κ3) is 3.76. The number of hydrogen-bond donors (Lipinski definition) is 2. The van der Waals surface area contributed by atoms with Gasteiger partial charge in [0.05, 0.1) is 12.6 Å². The van der Waals surface area contributed by atoms with Gasteiger partial charge in [0.15, 0.2) is 0 Å². The number of nitrogen functional groups attached to an aromatic ring is 1. The number of urea groups is 1. The molecule has 3 rings (SSSR count). The predicted molar refractivity (Wildman–Crippen MR) is 86.3 cm³/mol. The van der Waals surface area contributed by atoms with Gasteiger partial charge < -0.3 is 16.0 Å². The molecule has 0 spiro atoms. The average Bonchev–Trinajstić information content (AvgIpc) is 2.99. The second-order valence-corrected chi connectivity index (χ2v) is 6.54. The quantitative estimate of drug-likeness (QED) is 0.903. The molecule has 23 heavy (non-hydrogen) atoms. The number of rotatable bonds is 3. The molecule has 1 aliphatic heterocycles. The first kappa shape index (κ1) is 15.7. The zero-order chi connectivity index (χ0) is 16.2. The topological polar surface area (TPSA) is 84.1 Å². The largest absolute Gasteiger partial charge is 0.374 e. The third-order valence-corrected chi connectivity index (χ3v) is 4.64. The molecule has 2 aromatic rings. The highest BCUT2D eigenvalue weighted by Gasteiger charge is 2.27. The molecule has 2 heterocycles. The van der Waals surface area contributed by atoms with Crippen LogP contribution < -0.4 is 11.1 Å². The van der Waals surface area contributed by atoms with E-state index in [1.807, 2.05) is 0 Å². The van der Waals surface area contributed by atoms with Gasteiger partial charge in [-0.15, -0.1) is 10.2 Å². The van der Waals surface area contributed by atoms with Crippen LogP contribution in [0.3, 0.4) is 0 Å². The van der Waals surface area contributed by atoms with E-state index >= 15 is 0 Å². The molecule has 3 N–H and O–H groups in total. The molecule has 1 saturated heterocycles. The van der Waals surface area contributed by atoms with Crippen molar-refractivity contribution in [2.75, 3.05) is 12.3 Å². The van der Waals surface area contributed by atoms with Crippen LogP contribution in [0.4, 0.5) is 14.3 Å². The number of carbonyl (C=O) groups is 1. The Hall–Kier alpha value is -2.22. The monoisotopic (exact) mass is 335 g/mol. The molecule has 6 nitrogen and oxygen atoms in total. The highest BCUT2D eigenvalue weighted by Crippen LogP contribution is 2.31. The number of nitrogens with one attached hydrogen (secondary N) is 1. The molecule has 0 radical (unpaired) electrons. The first-order chi connectivity index (χ1) is 11.1. The van der Waals surface area contributed by atoms with Gasteiger partial charge in [-0.05, 0) is 37.0 Å². The third-order valence-electron chi connectivity index (χ3n) is 3.89. The number of nitrogens with zero attached hydrogens (tertiary/aromatic N) is 3. The Balaban J connectivity index is 1.67. The minimum absolute atomic E-state index is 0.0242. The number of piperidine rings is 1. The van der Waals surface area contributed by atoms with Crippen molar-refractivity contribution in [2.45, 2.75) is 31.8 Å². The summed E-state index contributed by atoms with van der Waals surface area (Å²) in [6, 6.07) is 6.19. The Morgan fingerprint density at radius 3 is 2.83 bits per heavy atom. The van der Waals surface area contributed by atoms with Crippen molar-refractivity contribution in [3.8, 4) is 0 Å². The highest BCUT2D eigenvalue weighted by molar-refractivity contribution is 7.15. The SMILES string of the molecule is Nc1nnc(CNC(=O)N2CCCC[C@@H]2c2ccc(F)cc2)s1. The number of aromatic nitrogens is 2. The van der Waals surface area contributed by atoms with Gasteiger partial charge in [-0.2, -0.15) is 0 Å². The first-order valence-electron chi connectivity index (χ1n) is 7.51. The minimum Gasteiger partial charge on any atom is -0.374 e. The summed E-state index contributed by atoms with van der Waals surface area (Å²) in [7, 11) is 0. The molecule has 8 heteroatoms. The average molecular weight is 335 g/mol. The van der Waals surface area contributed by atoms with Gasteiger partial charge in [-0.25, -0.2) is 9.18 Å². The van der Waals surface area contributed by atoms with Gasteiger partial charge >= 0.3 is 6.03 Å². The van der Waals surface area contributed by atoms with Crippen LogP contribution in [-0.4, -0.2) is 27.7 Å². The van der Waals surface area contributed by atoms with Gasteiger partial charge in [-0.1, -0.05) is 23.5 Å². The van der Waals surface area contributed by atoms with Crippen molar-refractivity contribution >= 4 is 22.5 Å². The number of hydrogen-bond acceptors (Lipinski definition) is 5. The predicted octanol–water partition coefficient (Wildman–Crippen LogP) is 2.70. The van der Waals surface area contributed by atoms with E-state index < -0.39 is 0 Å². The van der Waals surface area contributed by atoms with E-state index in [0.717, 1.165) is 24.8 Å². The Kier molecular flexibility index (Phi) is 4.71. The molecule has 1 aromatic carbocycles. The summed E-state index contributed by atoms with van der Waals surface area (Å²) in [5, 5.41) is 11.5. The van der Waals surface area contributed by atoms with Gasteiger partial charge in [0.25, 0.3) is 0 Å². The molecule has 0 bridgehead atoms. The van der Waals surface area contributed by atoms with Crippen molar-refractivity contribution in [2.24, 2.45) is 0 Å². The lowest BCUT2D eigenvalue weighted by molar-refractivity contribution is 0.151. The molecule has 1 aromatic heterocycles. The van der Waals surface area contributed by atoms with E-state index in [1.165, 1.54) is 23.5 Å². The van der Waals surface area contributed by atoms with E-state index in [4.69, 9.17) is 5.73 Å². The normalized spacial score (nSPS) is 18.0. The van der Waals surface area contributed by atoms with Crippen LogP contribution >= 0.6 is 11.3 Å². The Labute approximate surface area is 137 Å². The summed E-state index contributed by atoms with van der Waals surface area (Å²) >= 11 is 1.26. The number of nitrogens with two attached hydrogens (primary N) is 1. The maximum absolute atomic E-state index is 13.1. The van der Waals surface area contributed by atoms with Crippen LogP contribution in [0.25, 0.3) is 0 Å².